The molecule has 0 aliphatic carbocycles. The van der Waals surface area contributed by atoms with Gasteiger partial charge in [-0.3, -0.25) is 10.1 Å². The lowest BCUT2D eigenvalue weighted by atomic mass is 9.93. The van der Waals surface area contributed by atoms with E-state index in [1.54, 1.807) is 0 Å². The van der Waals surface area contributed by atoms with Crippen molar-refractivity contribution in [1.29, 1.82) is 0 Å². The number of nitrogens with zero attached hydrogens (tertiary/aromatic N) is 2. The monoisotopic (exact) mass is 329 g/mol. The van der Waals surface area contributed by atoms with Crippen molar-refractivity contribution in [2.24, 2.45) is 0 Å². The molecule has 4 nitrogen and oxygen atoms in total. The molecule has 2 aromatic rings. The van der Waals surface area contributed by atoms with Crippen LogP contribution < -0.4 is 5.32 Å². The lowest BCUT2D eigenvalue weighted by molar-refractivity contribution is 0.102. The molecule has 0 aliphatic rings. The Morgan fingerprint density at radius 1 is 1.25 bits per heavy atom. The number of rotatable bonds is 2. The number of amides is 1. The second-order valence-corrected chi connectivity index (χ2v) is 6.86. The first-order chi connectivity index (χ1) is 9.27. The molecule has 20 heavy (non-hydrogen) atoms. The summed E-state index contributed by atoms with van der Waals surface area (Å²) in [6.07, 6.45) is 0. The normalized spacial score (nSPS) is 11.4. The van der Waals surface area contributed by atoms with Crippen molar-refractivity contribution in [1.82, 2.24) is 9.97 Å². The fourth-order valence-corrected chi connectivity index (χ4v) is 2.68. The predicted octanol–water partition coefficient (Wildman–Crippen LogP) is 4.39. The maximum atomic E-state index is 12.1. The first-order valence-corrected chi connectivity index (χ1v) is 7.50. The number of anilines is 1. The molecule has 0 fully saturated rings. The molecule has 7 heteroatoms. The summed E-state index contributed by atoms with van der Waals surface area (Å²) in [5.41, 5.74) is 0.945. The number of carbonyl (C=O) groups is 1. The fourth-order valence-electron chi connectivity index (χ4n) is 1.41. The number of aromatic nitrogens is 2. The number of hydrogen-bond acceptors (Lipinski definition) is 4. The maximum absolute atomic E-state index is 12.1. The van der Waals surface area contributed by atoms with Crippen LogP contribution in [0.2, 0.25) is 10.2 Å². The van der Waals surface area contributed by atoms with Crippen molar-refractivity contribution in [3.63, 3.8) is 0 Å². The van der Waals surface area contributed by atoms with E-state index in [4.69, 9.17) is 23.2 Å². The second kappa shape index (κ2) is 5.68. The average Bonchev–Trinajstić information content (AvgIpc) is 2.80. The minimum Gasteiger partial charge on any atom is -0.296 e. The molecule has 0 bridgehead atoms. The second-order valence-electron chi connectivity index (χ2n) is 5.21. The van der Waals surface area contributed by atoms with E-state index in [1.165, 1.54) is 23.5 Å². The van der Waals surface area contributed by atoms with E-state index in [-0.39, 0.29) is 21.3 Å². The summed E-state index contributed by atoms with van der Waals surface area (Å²) in [6, 6.07) is 3.07. The highest BCUT2D eigenvalue weighted by molar-refractivity contribution is 7.14. The largest absolute Gasteiger partial charge is 0.296 e. The fraction of sp³-hybridized carbons (Fsp3) is 0.308. The molecular formula is C13H13Cl2N3OS. The molecule has 0 saturated carbocycles. The van der Waals surface area contributed by atoms with Crippen LogP contribution in [0, 0.1) is 0 Å². The summed E-state index contributed by atoms with van der Waals surface area (Å²) in [5.74, 6) is -0.424. The van der Waals surface area contributed by atoms with Gasteiger partial charge in [-0.15, -0.1) is 11.3 Å². The lowest BCUT2D eigenvalue weighted by Gasteiger charge is -2.14. The number of hydrogen-bond donors (Lipinski definition) is 1. The minimum absolute atomic E-state index is 0.0641. The van der Waals surface area contributed by atoms with Gasteiger partial charge in [-0.2, -0.15) is 0 Å². The SMILES string of the molecule is CC(C)(C)c1csc(NC(=O)c2nc(Cl)ccc2Cl)n1. The van der Waals surface area contributed by atoms with Gasteiger partial charge in [0.15, 0.2) is 5.13 Å². The quantitative estimate of drug-likeness (QED) is 0.831. The zero-order valence-corrected chi connectivity index (χ0v) is 13.5. The average molecular weight is 330 g/mol. The Bertz CT molecular complexity index is 649. The molecule has 0 radical (unpaired) electrons. The predicted molar refractivity (Wildman–Crippen MR) is 83.0 cm³/mol. The van der Waals surface area contributed by atoms with Crippen LogP contribution in [0.3, 0.4) is 0 Å². The molecule has 0 saturated heterocycles. The summed E-state index contributed by atoms with van der Waals surface area (Å²) in [7, 11) is 0. The van der Waals surface area contributed by atoms with Crippen molar-refractivity contribution >= 4 is 45.6 Å². The third-order valence-electron chi connectivity index (χ3n) is 2.52. The van der Waals surface area contributed by atoms with Gasteiger partial charge in [-0.25, -0.2) is 9.97 Å². The van der Waals surface area contributed by atoms with Gasteiger partial charge in [0.25, 0.3) is 5.91 Å². The maximum Gasteiger partial charge on any atom is 0.277 e. The zero-order valence-electron chi connectivity index (χ0n) is 11.2. The Balaban J connectivity index is 2.20. The van der Waals surface area contributed by atoms with Gasteiger partial charge in [0.1, 0.15) is 10.8 Å². The van der Waals surface area contributed by atoms with Gasteiger partial charge in [0.05, 0.1) is 10.7 Å². The minimum atomic E-state index is -0.424. The molecule has 0 aliphatic heterocycles. The van der Waals surface area contributed by atoms with Crippen LogP contribution in [0.15, 0.2) is 17.5 Å². The highest BCUT2D eigenvalue weighted by Crippen LogP contribution is 2.27. The lowest BCUT2D eigenvalue weighted by Crippen LogP contribution is -2.15. The molecule has 2 heterocycles. The van der Waals surface area contributed by atoms with Gasteiger partial charge >= 0.3 is 0 Å². The number of pyridine rings is 1. The van der Waals surface area contributed by atoms with Gasteiger partial charge < -0.3 is 0 Å². The highest BCUT2D eigenvalue weighted by Gasteiger charge is 2.19. The topological polar surface area (TPSA) is 54.9 Å². The first-order valence-electron chi connectivity index (χ1n) is 5.87. The molecule has 106 valence electrons. The standard InChI is InChI=1S/C13H13Cl2N3OS/c1-13(2,3)8-6-20-12(16-8)18-11(19)10-7(14)4-5-9(15)17-10/h4-6H,1-3H3,(H,16,18,19). The Morgan fingerprint density at radius 3 is 2.55 bits per heavy atom. The van der Waals surface area contributed by atoms with Crippen LogP contribution in [0.4, 0.5) is 5.13 Å². The van der Waals surface area contributed by atoms with Crippen LogP contribution in [-0.4, -0.2) is 15.9 Å². The van der Waals surface area contributed by atoms with Gasteiger partial charge in [0, 0.05) is 10.8 Å². The molecule has 0 atom stereocenters. The van der Waals surface area contributed by atoms with Crippen LogP contribution >= 0.6 is 34.5 Å². The third-order valence-corrected chi connectivity index (χ3v) is 3.79. The highest BCUT2D eigenvalue weighted by atomic mass is 35.5. The van der Waals surface area contributed by atoms with E-state index in [0.29, 0.717) is 5.13 Å². The van der Waals surface area contributed by atoms with E-state index in [1.807, 2.05) is 5.38 Å². The summed E-state index contributed by atoms with van der Waals surface area (Å²) >= 11 is 13.1. The van der Waals surface area contributed by atoms with E-state index in [0.717, 1.165) is 5.69 Å². The Kier molecular flexibility index (Phi) is 4.32. The van der Waals surface area contributed by atoms with Crippen LogP contribution in [0.25, 0.3) is 0 Å². The van der Waals surface area contributed by atoms with E-state index >= 15 is 0 Å². The summed E-state index contributed by atoms with van der Waals surface area (Å²) in [6.45, 7) is 6.18. The number of nitrogens with one attached hydrogen (secondary N) is 1. The third kappa shape index (κ3) is 3.48. The van der Waals surface area contributed by atoms with Crippen molar-refractivity contribution in [3.05, 3.63) is 39.1 Å². The van der Waals surface area contributed by atoms with E-state index in [9.17, 15) is 4.79 Å². The number of thiazole rings is 1. The molecule has 1 N–H and O–H groups in total. The van der Waals surface area contributed by atoms with E-state index < -0.39 is 5.91 Å². The molecule has 0 aromatic carbocycles. The van der Waals surface area contributed by atoms with E-state index in [2.05, 4.69) is 36.1 Å². The number of carbonyl (C=O) groups excluding carboxylic acids is 1. The molecule has 0 unspecified atom stereocenters. The Morgan fingerprint density at radius 2 is 1.95 bits per heavy atom. The molecule has 2 rings (SSSR count). The van der Waals surface area contributed by atoms with Crippen molar-refractivity contribution in [2.45, 2.75) is 26.2 Å². The molecule has 2 aromatic heterocycles. The summed E-state index contributed by atoms with van der Waals surface area (Å²) in [4.78, 5) is 20.4. The Hall–Kier alpha value is -1.17. The molecule has 0 spiro atoms. The number of halogens is 2. The Labute approximate surface area is 131 Å². The van der Waals surface area contributed by atoms with Crippen molar-refractivity contribution < 1.29 is 4.79 Å². The molecular weight excluding hydrogens is 317 g/mol. The van der Waals surface area contributed by atoms with Gasteiger partial charge in [-0.1, -0.05) is 44.0 Å². The molecule has 1 amide bonds. The van der Waals surface area contributed by atoms with Crippen LogP contribution in [0.5, 0.6) is 0 Å². The zero-order chi connectivity index (χ0) is 14.9. The van der Waals surface area contributed by atoms with Crippen LogP contribution in [-0.2, 0) is 5.41 Å². The van der Waals surface area contributed by atoms with Crippen LogP contribution in [0.1, 0.15) is 37.0 Å². The van der Waals surface area contributed by atoms with Crippen molar-refractivity contribution in [3.8, 4) is 0 Å². The van der Waals surface area contributed by atoms with Gasteiger partial charge in [-0.05, 0) is 12.1 Å². The first kappa shape index (κ1) is 15.2. The summed E-state index contributed by atoms with van der Waals surface area (Å²) < 4.78 is 0. The summed E-state index contributed by atoms with van der Waals surface area (Å²) in [5, 5.41) is 5.58. The van der Waals surface area contributed by atoms with Gasteiger partial charge in [0.2, 0.25) is 0 Å². The smallest absolute Gasteiger partial charge is 0.277 e. The van der Waals surface area contributed by atoms with Crippen molar-refractivity contribution in [2.75, 3.05) is 5.32 Å².